The van der Waals surface area contributed by atoms with Crippen LogP contribution in [0.3, 0.4) is 0 Å². The maximum Gasteiger partial charge on any atom is 0.0826 e. The van der Waals surface area contributed by atoms with Crippen molar-refractivity contribution in [2.24, 2.45) is 0 Å². The lowest BCUT2D eigenvalue weighted by molar-refractivity contribution is -0.0270. The van der Waals surface area contributed by atoms with Gasteiger partial charge in [0, 0.05) is 25.7 Å². The van der Waals surface area contributed by atoms with Gasteiger partial charge >= 0.3 is 0 Å². The third-order valence-electron chi connectivity index (χ3n) is 3.02. The molecule has 0 spiro atoms. The summed E-state index contributed by atoms with van der Waals surface area (Å²) >= 11 is 0. The Kier molecular flexibility index (Phi) is 6.17. The second kappa shape index (κ2) is 7.17. The van der Waals surface area contributed by atoms with E-state index < -0.39 is 0 Å². The van der Waals surface area contributed by atoms with Crippen LogP contribution in [0.15, 0.2) is 0 Å². The van der Waals surface area contributed by atoms with Gasteiger partial charge in [-0.05, 0) is 13.0 Å². The van der Waals surface area contributed by atoms with Crippen LogP contribution < -0.4 is 5.32 Å². The topological polar surface area (TPSA) is 44.7 Å². The van der Waals surface area contributed by atoms with Crippen LogP contribution in [0.1, 0.15) is 20.3 Å². The average Bonchev–Trinajstić information content (AvgIpc) is 2.31. The summed E-state index contributed by atoms with van der Waals surface area (Å²) in [6.45, 7) is 9.28. The van der Waals surface area contributed by atoms with Crippen molar-refractivity contribution < 1.29 is 9.84 Å². The van der Waals surface area contributed by atoms with E-state index in [9.17, 15) is 0 Å². The molecular weight excluding hydrogens is 192 g/mol. The van der Waals surface area contributed by atoms with Gasteiger partial charge in [0.2, 0.25) is 0 Å². The summed E-state index contributed by atoms with van der Waals surface area (Å²) in [5.74, 6) is 0. The lowest BCUT2D eigenvalue weighted by Crippen LogP contribution is -2.48. The molecule has 0 amide bonds. The van der Waals surface area contributed by atoms with Gasteiger partial charge in [-0.1, -0.05) is 13.8 Å². The molecule has 0 aliphatic carbocycles. The third-order valence-corrected chi connectivity index (χ3v) is 3.02. The van der Waals surface area contributed by atoms with E-state index in [-0.39, 0.29) is 18.8 Å². The second-order valence-electron chi connectivity index (χ2n) is 4.08. The highest BCUT2D eigenvalue weighted by Crippen LogP contribution is 2.04. The molecule has 4 nitrogen and oxygen atoms in total. The number of nitrogens with one attached hydrogen (secondary N) is 1. The van der Waals surface area contributed by atoms with E-state index >= 15 is 0 Å². The lowest BCUT2D eigenvalue weighted by Gasteiger charge is -2.32. The highest BCUT2D eigenvalue weighted by Gasteiger charge is 2.19. The molecule has 0 aromatic carbocycles. The highest BCUT2D eigenvalue weighted by molar-refractivity contribution is 4.74. The Bertz CT molecular complexity index is 163. The Balaban J connectivity index is 2.20. The molecule has 15 heavy (non-hydrogen) atoms. The molecule has 0 aromatic rings. The Morgan fingerprint density at radius 3 is 2.93 bits per heavy atom. The quantitative estimate of drug-likeness (QED) is 0.659. The molecular formula is C11H24N2O2. The van der Waals surface area contributed by atoms with Crippen molar-refractivity contribution in [3.8, 4) is 0 Å². The molecule has 1 heterocycles. The van der Waals surface area contributed by atoms with Crippen LogP contribution in [0, 0.1) is 0 Å². The highest BCUT2D eigenvalue weighted by atomic mass is 16.5. The molecule has 2 atom stereocenters. The van der Waals surface area contributed by atoms with Crippen LogP contribution in [0.2, 0.25) is 0 Å². The summed E-state index contributed by atoms with van der Waals surface area (Å²) < 4.78 is 5.66. The summed E-state index contributed by atoms with van der Waals surface area (Å²) in [4.78, 5) is 2.40. The van der Waals surface area contributed by atoms with Crippen molar-refractivity contribution in [2.45, 2.75) is 32.4 Å². The smallest absolute Gasteiger partial charge is 0.0826 e. The van der Waals surface area contributed by atoms with E-state index in [1.165, 1.54) is 0 Å². The van der Waals surface area contributed by atoms with Crippen molar-refractivity contribution in [3.05, 3.63) is 0 Å². The molecule has 1 aliphatic heterocycles. The lowest BCUT2D eigenvalue weighted by atomic mass is 10.2. The summed E-state index contributed by atoms with van der Waals surface area (Å²) in [5, 5.41) is 12.4. The molecule has 90 valence electrons. The van der Waals surface area contributed by atoms with Crippen LogP contribution >= 0.6 is 0 Å². The predicted molar refractivity (Wildman–Crippen MR) is 61.0 cm³/mol. The summed E-state index contributed by atoms with van der Waals surface area (Å²) in [6.07, 6.45) is 1.24. The van der Waals surface area contributed by atoms with Gasteiger partial charge in [-0.25, -0.2) is 0 Å². The molecule has 1 rings (SSSR count). The number of aliphatic hydroxyl groups excluding tert-OH is 1. The molecule has 2 unspecified atom stereocenters. The van der Waals surface area contributed by atoms with Gasteiger partial charge < -0.3 is 15.2 Å². The number of hydrogen-bond donors (Lipinski definition) is 2. The van der Waals surface area contributed by atoms with E-state index in [0.717, 1.165) is 39.2 Å². The Hall–Kier alpha value is -0.160. The number of ether oxygens (including phenoxy) is 1. The van der Waals surface area contributed by atoms with Crippen molar-refractivity contribution >= 4 is 0 Å². The van der Waals surface area contributed by atoms with E-state index in [4.69, 9.17) is 9.84 Å². The maximum atomic E-state index is 9.04. The molecule has 0 radical (unpaired) electrons. The predicted octanol–water partition coefficient (Wildman–Crippen LogP) is 0.0676. The number of aliphatic hydroxyl groups is 1. The molecule has 0 bridgehead atoms. The van der Waals surface area contributed by atoms with Crippen LogP contribution in [0.5, 0.6) is 0 Å². The van der Waals surface area contributed by atoms with Crippen molar-refractivity contribution in [1.29, 1.82) is 0 Å². The van der Waals surface area contributed by atoms with E-state index in [1.807, 2.05) is 0 Å². The zero-order valence-electron chi connectivity index (χ0n) is 9.91. The van der Waals surface area contributed by atoms with Crippen LogP contribution in [0.25, 0.3) is 0 Å². The fourth-order valence-electron chi connectivity index (χ4n) is 1.83. The maximum absolute atomic E-state index is 9.04. The SMILES string of the molecule is CCC(CO)NCC1CN(CC)CCO1. The first-order chi connectivity index (χ1) is 7.30. The van der Waals surface area contributed by atoms with E-state index in [0.29, 0.717) is 0 Å². The van der Waals surface area contributed by atoms with Crippen LogP contribution in [-0.2, 0) is 4.74 Å². The number of nitrogens with zero attached hydrogens (tertiary/aromatic N) is 1. The summed E-state index contributed by atoms with van der Waals surface area (Å²) in [6, 6.07) is 0.214. The van der Waals surface area contributed by atoms with Crippen molar-refractivity contribution in [3.63, 3.8) is 0 Å². The minimum atomic E-state index is 0.209. The standard InChI is InChI=1S/C11H24N2O2/c1-3-10(9-14)12-7-11-8-13(4-2)5-6-15-11/h10-12,14H,3-9H2,1-2H3. The summed E-state index contributed by atoms with van der Waals surface area (Å²) in [5.41, 5.74) is 0. The minimum Gasteiger partial charge on any atom is -0.395 e. The molecule has 0 saturated carbocycles. The number of rotatable bonds is 6. The van der Waals surface area contributed by atoms with Gasteiger partial charge in [-0.2, -0.15) is 0 Å². The van der Waals surface area contributed by atoms with Gasteiger partial charge in [0.1, 0.15) is 0 Å². The zero-order valence-corrected chi connectivity index (χ0v) is 9.91. The van der Waals surface area contributed by atoms with Gasteiger partial charge in [0.15, 0.2) is 0 Å². The largest absolute Gasteiger partial charge is 0.395 e. The van der Waals surface area contributed by atoms with Crippen LogP contribution in [-0.4, -0.2) is 61.5 Å². The normalized spacial score (nSPS) is 25.4. The Morgan fingerprint density at radius 1 is 1.53 bits per heavy atom. The first-order valence-electron chi connectivity index (χ1n) is 5.98. The number of morpholine rings is 1. The van der Waals surface area contributed by atoms with Crippen molar-refractivity contribution in [1.82, 2.24) is 10.2 Å². The van der Waals surface area contributed by atoms with E-state index in [1.54, 1.807) is 0 Å². The first-order valence-corrected chi connectivity index (χ1v) is 5.98. The van der Waals surface area contributed by atoms with E-state index in [2.05, 4.69) is 24.1 Å². The van der Waals surface area contributed by atoms with Crippen molar-refractivity contribution in [2.75, 3.05) is 39.4 Å². The molecule has 2 N–H and O–H groups in total. The Labute approximate surface area is 92.6 Å². The molecule has 0 aromatic heterocycles. The minimum absolute atomic E-state index is 0.209. The zero-order chi connectivity index (χ0) is 11.1. The Morgan fingerprint density at radius 2 is 2.33 bits per heavy atom. The average molecular weight is 216 g/mol. The fourth-order valence-corrected chi connectivity index (χ4v) is 1.83. The van der Waals surface area contributed by atoms with Gasteiger partial charge in [-0.3, -0.25) is 4.90 Å². The van der Waals surface area contributed by atoms with Gasteiger partial charge in [-0.15, -0.1) is 0 Å². The fraction of sp³-hybridized carbons (Fsp3) is 1.00. The molecule has 1 fully saturated rings. The van der Waals surface area contributed by atoms with Gasteiger partial charge in [0.05, 0.1) is 19.3 Å². The third kappa shape index (κ3) is 4.47. The molecule has 4 heteroatoms. The number of hydrogen-bond acceptors (Lipinski definition) is 4. The van der Waals surface area contributed by atoms with Gasteiger partial charge in [0.25, 0.3) is 0 Å². The number of likely N-dealkylation sites (N-methyl/N-ethyl adjacent to an activating group) is 1. The second-order valence-corrected chi connectivity index (χ2v) is 4.08. The van der Waals surface area contributed by atoms with Crippen LogP contribution in [0.4, 0.5) is 0 Å². The molecule has 1 saturated heterocycles. The first kappa shape index (κ1) is 12.9. The summed E-state index contributed by atoms with van der Waals surface area (Å²) in [7, 11) is 0. The monoisotopic (exact) mass is 216 g/mol. The molecule has 1 aliphatic rings.